The molecular formula is C18H25N3O. The Morgan fingerprint density at radius 3 is 2.82 bits per heavy atom. The molecule has 0 unspecified atom stereocenters. The predicted molar refractivity (Wildman–Crippen MR) is 87.7 cm³/mol. The summed E-state index contributed by atoms with van der Waals surface area (Å²) in [4.78, 5) is 2.53. The molecule has 1 aliphatic heterocycles. The Hall–Kier alpha value is -1.65. The van der Waals surface area contributed by atoms with Crippen LogP contribution < -0.4 is 0 Å². The number of hydrogen-bond donors (Lipinski definition) is 1. The van der Waals surface area contributed by atoms with Gasteiger partial charge in [0.25, 0.3) is 0 Å². The smallest absolute Gasteiger partial charge is 0.0627 e. The number of aromatic nitrogens is 2. The van der Waals surface area contributed by atoms with E-state index < -0.39 is 0 Å². The lowest BCUT2D eigenvalue weighted by Gasteiger charge is -2.38. The Balaban J connectivity index is 1.66. The summed E-state index contributed by atoms with van der Waals surface area (Å²) in [6.07, 6.45) is 4.50. The zero-order chi connectivity index (χ0) is 15.4. The van der Waals surface area contributed by atoms with Gasteiger partial charge < -0.3 is 4.74 Å². The van der Waals surface area contributed by atoms with Gasteiger partial charge >= 0.3 is 0 Å². The molecule has 1 saturated heterocycles. The van der Waals surface area contributed by atoms with E-state index in [1.807, 2.05) is 13.3 Å². The maximum atomic E-state index is 5.74. The number of ether oxygens (including phenoxy) is 1. The van der Waals surface area contributed by atoms with Gasteiger partial charge in [-0.25, -0.2) is 0 Å². The standard InChI is InChI=1S/C18H25N3O/c1-14-17(11-19-20-14)13-21-9-8-18(22-2)16(12-21)10-15-6-4-3-5-7-15/h3-7,11,16,18H,8-10,12-13H2,1-2H3,(H,19,20)/t16-,18+/m1/s1. The largest absolute Gasteiger partial charge is 0.381 e. The van der Waals surface area contributed by atoms with Crippen molar-refractivity contribution in [2.75, 3.05) is 20.2 Å². The molecule has 4 heteroatoms. The average Bonchev–Trinajstić information content (AvgIpc) is 2.94. The molecule has 0 amide bonds. The highest BCUT2D eigenvalue weighted by atomic mass is 16.5. The van der Waals surface area contributed by atoms with E-state index >= 15 is 0 Å². The highest BCUT2D eigenvalue weighted by Gasteiger charge is 2.29. The topological polar surface area (TPSA) is 41.1 Å². The molecule has 1 aromatic heterocycles. The van der Waals surface area contributed by atoms with Crippen LogP contribution in [0.2, 0.25) is 0 Å². The molecule has 4 nitrogen and oxygen atoms in total. The van der Waals surface area contributed by atoms with Gasteiger partial charge in [-0.3, -0.25) is 10.00 Å². The van der Waals surface area contributed by atoms with Crippen LogP contribution in [-0.2, 0) is 17.7 Å². The Kier molecular flexibility index (Phi) is 4.90. The zero-order valence-electron chi connectivity index (χ0n) is 13.5. The lowest BCUT2D eigenvalue weighted by atomic mass is 9.88. The van der Waals surface area contributed by atoms with Crippen LogP contribution in [0.5, 0.6) is 0 Å². The van der Waals surface area contributed by atoms with Crippen LogP contribution in [-0.4, -0.2) is 41.4 Å². The van der Waals surface area contributed by atoms with E-state index in [2.05, 4.69) is 52.4 Å². The van der Waals surface area contributed by atoms with Crippen molar-refractivity contribution < 1.29 is 4.74 Å². The summed E-state index contributed by atoms with van der Waals surface area (Å²) in [5.41, 5.74) is 3.87. The molecule has 2 atom stereocenters. The molecule has 3 rings (SSSR count). The molecule has 0 radical (unpaired) electrons. The van der Waals surface area contributed by atoms with Gasteiger partial charge in [-0.1, -0.05) is 30.3 Å². The van der Waals surface area contributed by atoms with E-state index in [9.17, 15) is 0 Å². The number of benzene rings is 1. The maximum absolute atomic E-state index is 5.74. The van der Waals surface area contributed by atoms with E-state index in [4.69, 9.17) is 4.74 Å². The molecule has 22 heavy (non-hydrogen) atoms. The van der Waals surface area contributed by atoms with Crippen LogP contribution in [0.4, 0.5) is 0 Å². The molecule has 0 bridgehead atoms. The van der Waals surface area contributed by atoms with Crippen molar-refractivity contribution in [1.82, 2.24) is 15.1 Å². The van der Waals surface area contributed by atoms with Crippen molar-refractivity contribution >= 4 is 0 Å². The van der Waals surface area contributed by atoms with Gasteiger partial charge in [0.05, 0.1) is 12.3 Å². The number of nitrogens with zero attached hydrogens (tertiary/aromatic N) is 2. The highest BCUT2D eigenvalue weighted by Crippen LogP contribution is 2.25. The first kappa shape index (κ1) is 15.3. The van der Waals surface area contributed by atoms with Crippen LogP contribution >= 0.6 is 0 Å². The van der Waals surface area contributed by atoms with Crippen molar-refractivity contribution in [3.8, 4) is 0 Å². The van der Waals surface area contributed by atoms with Gasteiger partial charge in [-0.15, -0.1) is 0 Å². The number of rotatable bonds is 5. The summed E-state index contributed by atoms with van der Waals surface area (Å²) in [6.45, 7) is 5.24. The van der Waals surface area contributed by atoms with Crippen LogP contribution in [0.15, 0.2) is 36.5 Å². The molecule has 2 aromatic rings. The molecule has 0 spiro atoms. The number of methoxy groups -OCH3 is 1. The van der Waals surface area contributed by atoms with E-state index in [-0.39, 0.29) is 0 Å². The van der Waals surface area contributed by atoms with Crippen LogP contribution in [0.25, 0.3) is 0 Å². The Bertz CT molecular complexity index is 581. The quantitative estimate of drug-likeness (QED) is 0.923. The van der Waals surface area contributed by atoms with Crippen molar-refractivity contribution in [1.29, 1.82) is 0 Å². The fraction of sp³-hybridized carbons (Fsp3) is 0.500. The monoisotopic (exact) mass is 299 g/mol. The molecule has 1 aromatic carbocycles. The Morgan fingerprint density at radius 1 is 1.32 bits per heavy atom. The van der Waals surface area contributed by atoms with Gasteiger partial charge in [0.2, 0.25) is 0 Å². The molecule has 0 saturated carbocycles. The number of hydrogen-bond acceptors (Lipinski definition) is 3. The lowest BCUT2D eigenvalue weighted by Crippen LogP contribution is -2.44. The minimum Gasteiger partial charge on any atom is -0.381 e. The van der Waals surface area contributed by atoms with Gasteiger partial charge in [-0.2, -0.15) is 5.10 Å². The van der Waals surface area contributed by atoms with Gasteiger partial charge in [0, 0.05) is 43.9 Å². The minimum absolute atomic E-state index is 0.363. The maximum Gasteiger partial charge on any atom is 0.0627 e. The Labute approximate surface area is 132 Å². The number of aryl methyl sites for hydroxylation is 1. The van der Waals surface area contributed by atoms with Gasteiger partial charge in [-0.05, 0) is 25.3 Å². The van der Waals surface area contributed by atoms with Crippen molar-refractivity contribution in [2.45, 2.75) is 32.4 Å². The number of piperidine rings is 1. The number of aromatic amines is 1. The molecular weight excluding hydrogens is 274 g/mol. The third-order valence-electron chi connectivity index (χ3n) is 4.72. The Morgan fingerprint density at radius 2 is 2.14 bits per heavy atom. The van der Waals surface area contributed by atoms with E-state index in [1.165, 1.54) is 16.8 Å². The SMILES string of the molecule is CO[C@H]1CCN(Cc2cn[nH]c2C)C[C@H]1Cc1ccccc1. The normalized spacial score (nSPS) is 22.8. The lowest BCUT2D eigenvalue weighted by molar-refractivity contribution is -0.00852. The highest BCUT2D eigenvalue weighted by molar-refractivity contribution is 5.17. The first-order valence-electron chi connectivity index (χ1n) is 8.04. The molecule has 1 aliphatic rings. The molecule has 0 aliphatic carbocycles. The van der Waals surface area contributed by atoms with E-state index in [0.717, 1.165) is 32.5 Å². The molecule has 1 N–H and O–H groups in total. The van der Waals surface area contributed by atoms with Crippen molar-refractivity contribution in [3.05, 3.63) is 53.3 Å². The van der Waals surface area contributed by atoms with Crippen LogP contribution in [0, 0.1) is 12.8 Å². The van der Waals surface area contributed by atoms with Crippen molar-refractivity contribution in [3.63, 3.8) is 0 Å². The van der Waals surface area contributed by atoms with Crippen LogP contribution in [0.1, 0.15) is 23.2 Å². The second-order valence-corrected chi connectivity index (χ2v) is 6.27. The first-order chi connectivity index (χ1) is 10.8. The summed E-state index contributed by atoms with van der Waals surface area (Å²) in [7, 11) is 1.85. The summed E-state index contributed by atoms with van der Waals surface area (Å²) in [6, 6.07) is 10.7. The minimum atomic E-state index is 0.363. The second kappa shape index (κ2) is 7.07. The van der Waals surface area contributed by atoms with Crippen molar-refractivity contribution in [2.24, 2.45) is 5.92 Å². The molecule has 2 heterocycles. The number of likely N-dealkylation sites (tertiary alicyclic amines) is 1. The third kappa shape index (κ3) is 3.57. The fourth-order valence-corrected chi connectivity index (χ4v) is 3.43. The first-order valence-corrected chi connectivity index (χ1v) is 8.04. The summed E-state index contributed by atoms with van der Waals surface area (Å²) in [5.74, 6) is 0.549. The van der Waals surface area contributed by atoms with Gasteiger partial charge in [0.1, 0.15) is 0 Å². The zero-order valence-corrected chi connectivity index (χ0v) is 13.5. The summed E-state index contributed by atoms with van der Waals surface area (Å²) < 4.78 is 5.74. The molecule has 1 fully saturated rings. The second-order valence-electron chi connectivity index (χ2n) is 6.27. The van der Waals surface area contributed by atoms with E-state index in [0.29, 0.717) is 12.0 Å². The summed E-state index contributed by atoms with van der Waals surface area (Å²) in [5, 5.41) is 7.16. The third-order valence-corrected chi connectivity index (χ3v) is 4.72. The number of H-pyrrole nitrogens is 1. The van der Waals surface area contributed by atoms with E-state index in [1.54, 1.807) is 0 Å². The van der Waals surface area contributed by atoms with Gasteiger partial charge in [0.15, 0.2) is 0 Å². The number of nitrogens with one attached hydrogen (secondary N) is 1. The average molecular weight is 299 g/mol. The summed E-state index contributed by atoms with van der Waals surface area (Å²) >= 11 is 0. The molecule has 118 valence electrons. The van der Waals surface area contributed by atoms with Crippen LogP contribution in [0.3, 0.4) is 0 Å². The fourth-order valence-electron chi connectivity index (χ4n) is 3.43. The predicted octanol–water partition coefficient (Wildman–Crippen LogP) is 2.80.